The van der Waals surface area contributed by atoms with Gasteiger partial charge in [0.15, 0.2) is 0 Å². The molecule has 3 N–H and O–H groups in total. The van der Waals surface area contributed by atoms with Gasteiger partial charge in [-0.25, -0.2) is 4.98 Å². The van der Waals surface area contributed by atoms with Gasteiger partial charge in [-0.15, -0.1) is 0 Å². The van der Waals surface area contributed by atoms with Crippen LogP contribution < -0.4 is 11.1 Å². The molecule has 0 atom stereocenters. The first-order valence-corrected chi connectivity index (χ1v) is 6.54. The molecule has 2 aromatic rings. The number of hydrogen-bond donors (Lipinski definition) is 2. The lowest BCUT2D eigenvalue weighted by molar-refractivity contribution is 1.15. The smallest absolute Gasteiger partial charge is 0.230 e. The fraction of sp³-hybridized carbons (Fsp3) is 0.0909. The molecule has 0 unspecified atom stereocenters. The van der Waals surface area contributed by atoms with Crippen molar-refractivity contribution in [3.8, 4) is 0 Å². The molecule has 0 fully saturated rings. The van der Waals surface area contributed by atoms with Gasteiger partial charge in [-0.05, 0) is 34.5 Å². The molecule has 1 heterocycles. The Hall–Kier alpha value is -1.04. The van der Waals surface area contributed by atoms with Crippen LogP contribution in [-0.4, -0.2) is 9.97 Å². The summed E-state index contributed by atoms with van der Waals surface area (Å²) in [4.78, 5) is 8.19. The predicted molar refractivity (Wildman–Crippen MR) is 78.6 cm³/mol. The summed E-state index contributed by atoms with van der Waals surface area (Å²) in [5.74, 6) is 0.676. The number of nitrogen functional groups attached to an aromatic ring is 1. The number of aromatic nitrogens is 2. The third-order valence-corrected chi connectivity index (χ3v) is 3.44. The van der Waals surface area contributed by atoms with Crippen LogP contribution in [-0.2, 0) is 0 Å². The standard InChI is InChI=1S/C11H9BrCl2N4/c1-5-2-3-6(13)10(9(5)14)18-11-16-7(12)4-8(15)17-11/h2-4H,1H3,(H3,15,16,17,18). The second-order valence-electron chi connectivity index (χ2n) is 3.62. The van der Waals surface area contributed by atoms with Crippen LogP contribution in [0, 0.1) is 6.92 Å². The van der Waals surface area contributed by atoms with Crippen LogP contribution in [0.4, 0.5) is 17.5 Å². The normalized spacial score (nSPS) is 10.4. The van der Waals surface area contributed by atoms with Gasteiger partial charge in [0.1, 0.15) is 10.4 Å². The summed E-state index contributed by atoms with van der Waals surface area (Å²) in [5.41, 5.74) is 7.11. The summed E-state index contributed by atoms with van der Waals surface area (Å²) in [6, 6.07) is 5.20. The summed E-state index contributed by atoms with van der Waals surface area (Å²) < 4.78 is 0.581. The molecule has 4 nitrogen and oxygen atoms in total. The number of nitrogens with zero attached hydrogens (tertiary/aromatic N) is 2. The van der Waals surface area contributed by atoms with Crippen molar-refractivity contribution in [3.63, 3.8) is 0 Å². The fourth-order valence-corrected chi connectivity index (χ4v) is 2.24. The molecular formula is C11H9BrCl2N4. The molecule has 0 aliphatic carbocycles. The Balaban J connectivity index is 2.42. The van der Waals surface area contributed by atoms with Crippen LogP contribution in [0.1, 0.15) is 5.56 Å². The first kappa shape index (κ1) is 13.4. The molecular weight excluding hydrogens is 339 g/mol. The van der Waals surface area contributed by atoms with E-state index >= 15 is 0 Å². The second kappa shape index (κ2) is 5.30. The molecule has 0 radical (unpaired) electrons. The lowest BCUT2D eigenvalue weighted by atomic mass is 10.2. The van der Waals surface area contributed by atoms with E-state index in [1.807, 2.05) is 13.0 Å². The molecule has 18 heavy (non-hydrogen) atoms. The number of anilines is 3. The van der Waals surface area contributed by atoms with Crippen LogP contribution in [0.25, 0.3) is 0 Å². The highest BCUT2D eigenvalue weighted by atomic mass is 79.9. The molecule has 1 aromatic carbocycles. The van der Waals surface area contributed by atoms with Gasteiger partial charge >= 0.3 is 0 Å². The third-order valence-electron chi connectivity index (χ3n) is 2.24. The van der Waals surface area contributed by atoms with Crippen molar-refractivity contribution in [1.82, 2.24) is 9.97 Å². The van der Waals surface area contributed by atoms with Crippen LogP contribution >= 0.6 is 39.1 Å². The van der Waals surface area contributed by atoms with E-state index in [1.165, 1.54) is 0 Å². The molecule has 2 rings (SSSR count). The fourth-order valence-electron chi connectivity index (χ4n) is 1.37. The molecule has 94 valence electrons. The Morgan fingerprint density at radius 3 is 2.67 bits per heavy atom. The van der Waals surface area contributed by atoms with Gasteiger partial charge in [0.05, 0.1) is 15.7 Å². The largest absolute Gasteiger partial charge is 0.383 e. The molecule has 0 saturated carbocycles. The Morgan fingerprint density at radius 1 is 1.28 bits per heavy atom. The molecule has 0 saturated heterocycles. The SMILES string of the molecule is Cc1ccc(Cl)c(Nc2nc(N)cc(Br)n2)c1Cl. The molecule has 0 aliphatic rings. The van der Waals surface area contributed by atoms with Gasteiger partial charge < -0.3 is 11.1 Å². The van der Waals surface area contributed by atoms with Crippen LogP contribution in [0.2, 0.25) is 10.0 Å². The summed E-state index contributed by atoms with van der Waals surface area (Å²) in [6.07, 6.45) is 0. The third kappa shape index (κ3) is 2.85. The Kier molecular flexibility index (Phi) is 3.94. The predicted octanol–water partition coefficient (Wildman–Crippen LogP) is 4.18. The summed E-state index contributed by atoms with van der Waals surface area (Å²) >= 11 is 15.5. The van der Waals surface area contributed by atoms with Crippen molar-refractivity contribution in [2.75, 3.05) is 11.1 Å². The average Bonchev–Trinajstić information content (AvgIpc) is 2.28. The number of nitrogens with one attached hydrogen (secondary N) is 1. The average molecular weight is 348 g/mol. The van der Waals surface area contributed by atoms with Crippen molar-refractivity contribution in [1.29, 1.82) is 0 Å². The van der Waals surface area contributed by atoms with Gasteiger partial charge in [0.25, 0.3) is 0 Å². The topological polar surface area (TPSA) is 63.8 Å². The molecule has 0 amide bonds. The van der Waals surface area contributed by atoms with Crippen LogP contribution in [0.5, 0.6) is 0 Å². The van der Waals surface area contributed by atoms with Crippen molar-refractivity contribution in [3.05, 3.63) is 38.4 Å². The highest BCUT2D eigenvalue weighted by Gasteiger charge is 2.10. The Labute approximate surface area is 123 Å². The van der Waals surface area contributed by atoms with E-state index in [1.54, 1.807) is 12.1 Å². The lowest BCUT2D eigenvalue weighted by Gasteiger charge is -2.11. The van der Waals surface area contributed by atoms with Gasteiger partial charge in [-0.2, -0.15) is 4.98 Å². The number of benzene rings is 1. The van der Waals surface area contributed by atoms with Gasteiger partial charge in [0.2, 0.25) is 5.95 Å². The number of rotatable bonds is 2. The van der Waals surface area contributed by atoms with E-state index in [-0.39, 0.29) is 0 Å². The van der Waals surface area contributed by atoms with Gasteiger partial charge in [0, 0.05) is 6.07 Å². The number of aryl methyl sites for hydroxylation is 1. The second-order valence-corrected chi connectivity index (χ2v) is 5.22. The van der Waals surface area contributed by atoms with Crippen molar-refractivity contribution in [2.45, 2.75) is 6.92 Å². The van der Waals surface area contributed by atoms with Crippen molar-refractivity contribution < 1.29 is 0 Å². The molecule has 0 spiro atoms. The summed E-state index contributed by atoms with van der Waals surface area (Å²) in [5, 5.41) is 3.99. The number of halogens is 3. The maximum atomic E-state index is 6.18. The van der Waals surface area contributed by atoms with Crippen LogP contribution in [0.15, 0.2) is 22.8 Å². The van der Waals surface area contributed by atoms with E-state index in [9.17, 15) is 0 Å². The van der Waals surface area contributed by atoms with E-state index in [4.69, 9.17) is 28.9 Å². The van der Waals surface area contributed by atoms with Gasteiger partial charge in [-0.1, -0.05) is 29.3 Å². The first-order chi connectivity index (χ1) is 8.47. The zero-order valence-corrected chi connectivity index (χ0v) is 12.4. The maximum absolute atomic E-state index is 6.18. The van der Waals surface area contributed by atoms with Crippen molar-refractivity contribution >= 4 is 56.6 Å². The molecule has 0 bridgehead atoms. The number of nitrogens with two attached hydrogens (primary N) is 1. The zero-order chi connectivity index (χ0) is 13.3. The van der Waals surface area contributed by atoms with E-state index in [2.05, 4.69) is 31.2 Å². The maximum Gasteiger partial charge on any atom is 0.230 e. The first-order valence-electron chi connectivity index (χ1n) is 4.99. The summed E-state index contributed by atoms with van der Waals surface area (Å²) in [6.45, 7) is 1.89. The van der Waals surface area contributed by atoms with E-state index in [0.717, 1.165) is 5.56 Å². The Bertz CT molecular complexity index is 584. The minimum atomic E-state index is 0.330. The van der Waals surface area contributed by atoms with E-state index < -0.39 is 0 Å². The number of hydrogen-bond acceptors (Lipinski definition) is 4. The highest BCUT2D eigenvalue weighted by molar-refractivity contribution is 9.10. The van der Waals surface area contributed by atoms with Crippen molar-refractivity contribution in [2.24, 2.45) is 0 Å². The quantitative estimate of drug-likeness (QED) is 0.800. The molecule has 1 aromatic heterocycles. The van der Waals surface area contributed by atoms with E-state index in [0.29, 0.717) is 32.1 Å². The highest BCUT2D eigenvalue weighted by Crippen LogP contribution is 2.34. The monoisotopic (exact) mass is 346 g/mol. The zero-order valence-electron chi connectivity index (χ0n) is 9.34. The minimum Gasteiger partial charge on any atom is -0.383 e. The molecule has 7 heteroatoms. The minimum absolute atomic E-state index is 0.330. The Morgan fingerprint density at radius 2 is 2.00 bits per heavy atom. The summed E-state index contributed by atoms with van der Waals surface area (Å²) in [7, 11) is 0. The lowest BCUT2D eigenvalue weighted by Crippen LogP contribution is -2.02. The van der Waals surface area contributed by atoms with Crippen LogP contribution in [0.3, 0.4) is 0 Å². The molecule has 0 aliphatic heterocycles. The van der Waals surface area contributed by atoms with Gasteiger partial charge in [-0.3, -0.25) is 0 Å².